The quantitative estimate of drug-likeness (QED) is 0.399. The van der Waals surface area contributed by atoms with Crippen LogP contribution >= 0.6 is 0 Å². The van der Waals surface area contributed by atoms with Crippen molar-refractivity contribution in [2.24, 2.45) is 0 Å². The predicted octanol–water partition coefficient (Wildman–Crippen LogP) is 4.27. The van der Waals surface area contributed by atoms with Crippen LogP contribution in [0.1, 0.15) is 5.56 Å². The Balaban J connectivity index is 1.59. The van der Waals surface area contributed by atoms with Gasteiger partial charge in [0.05, 0.1) is 22.7 Å². The zero-order valence-corrected chi connectivity index (χ0v) is 18.1. The van der Waals surface area contributed by atoms with Crippen molar-refractivity contribution in [3.05, 3.63) is 90.0 Å². The number of nitrogen functional groups attached to an aromatic ring is 1. The number of ether oxygens (including phenoxy) is 1. The lowest BCUT2D eigenvalue weighted by Crippen LogP contribution is -2.17. The van der Waals surface area contributed by atoms with E-state index >= 15 is 0 Å². The van der Waals surface area contributed by atoms with Crippen molar-refractivity contribution in [3.8, 4) is 22.9 Å². The SMILES string of the molecule is Nc1nccc(-c2cccnc2Oc2ccc(NS(=O)(=O)Cc3ccccc3F)c(F)c2F)n1. The van der Waals surface area contributed by atoms with Crippen molar-refractivity contribution >= 4 is 21.7 Å². The molecule has 2 heterocycles. The summed E-state index contributed by atoms with van der Waals surface area (Å²) in [6, 6.07) is 12.0. The average Bonchev–Trinajstić information content (AvgIpc) is 2.80. The molecule has 2 aromatic carbocycles. The van der Waals surface area contributed by atoms with E-state index in [1.165, 1.54) is 36.7 Å². The molecule has 0 spiro atoms. The van der Waals surface area contributed by atoms with Crippen LogP contribution in [0.2, 0.25) is 0 Å². The van der Waals surface area contributed by atoms with E-state index in [4.69, 9.17) is 10.5 Å². The number of nitrogens with two attached hydrogens (primary N) is 1. The van der Waals surface area contributed by atoms with E-state index in [1.807, 2.05) is 4.72 Å². The highest BCUT2D eigenvalue weighted by Gasteiger charge is 2.22. The first-order chi connectivity index (χ1) is 16.2. The number of benzene rings is 2. The van der Waals surface area contributed by atoms with Gasteiger partial charge in [-0.1, -0.05) is 18.2 Å². The number of anilines is 2. The van der Waals surface area contributed by atoms with Gasteiger partial charge in [-0.2, -0.15) is 4.39 Å². The number of sulfonamides is 1. The third-order valence-electron chi connectivity index (χ3n) is 4.54. The van der Waals surface area contributed by atoms with Crippen LogP contribution in [0.3, 0.4) is 0 Å². The topological polar surface area (TPSA) is 120 Å². The van der Waals surface area contributed by atoms with Gasteiger partial charge in [0.2, 0.25) is 27.7 Å². The van der Waals surface area contributed by atoms with Crippen LogP contribution in [0.4, 0.5) is 24.8 Å². The van der Waals surface area contributed by atoms with Crippen molar-refractivity contribution in [3.63, 3.8) is 0 Å². The Kier molecular flexibility index (Phi) is 6.32. The highest BCUT2D eigenvalue weighted by Crippen LogP contribution is 2.34. The molecule has 12 heteroatoms. The second-order valence-corrected chi connectivity index (χ2v) is 8.67. The molecule has 0 aliphatic rings. The van der Waals surface area contributed by atoms with Gasteiger partial charge in [-0.3, -0.25) is 4.72 Å². The smallest absolute Gasteiger partial charge is 0.237 e. The van der Waals surface area contributed by atoms with E-state index in [2.05, 4.69) is 15.0 Å². The molecule has 0 radical (unpaired) electrons. The molecule has 3 N–H and O–H groups in total. The number of aromatic nitrogens is 3. The van der Waals surface area contributed by atoms with Gasteiger partial charge in [0.15, 0.2) is 11.6 Å². The zero-order valence-electron chi connectivity index (χ0n) is 17.2. The van der Waals surface area contributed by atoms with Gasteiger partial charge in [-0.05, 0) is 36.4 Å². The second-order valence-electron chi connectivity index (χ2n) is 6.95. The van der Waals surface area contributed by atoms with Crippen LogP contribution in [0.25, 0.3) is 11.3 Å². The molecule has 0 atom stereocenters. The van der Waals surface area contributed by atoms with E-state index in [-0.39, 0.29) is 17.4 Å². The summed E-state index contributed by atoms with van der Waals surface area (Å²) >= 11 is 0. The Bertz CT molecular complexity index is 1470. The number of nitrogens with one attached hydrogen (secondary N) is 1. The minimum atomic E-state index is -4.24. The fraction of sp³-hybridized carbons (Fsp3) is 0.0455. The van der Waals surface area contributed by atoms with Crippen molar-refractivity contribution < 1.29 is 26.3 Å². The molecule has 0 aliphatic carbocycles. The minimum absolute atomic E-state index is 0.00320. The number of hydrogen-bond donors (Lipinski definition) is 2. The summed E-state index contributed by atoms with van der Waals surface area (Å²) in [5, 5.41) is 0. The maximum atomic E-state index is 14.7. The lowest BCUT2D eigenvalue weighted by molar-refractivity contribution is 0.407. The maximum absolute atomic E-state index is 14.7. The lowest BCUT2D eigenvalue weighted by atomic mass is 10.2. The van der Waals surface area contributed by atoms with Crippen molar-refractivity contribution in [2.45, 2.75) is 5.75 Å². The first kappa shape index (κ1) is 23.0. The van der Waals surface area contributed by atoms with Crippen molar-refractivity contribution in [1.29, 1.82) is 0 Å². The monoisotopic (exact) mass is 487 g/mol. The van der Waals surface area contributed by atoms with Gasteiger partial charge in [0, 0.05) is 18.0 Å². The molecule has 0 saturated carbocycles. The Morgan fingerprint density at radius 2 is 1.71 bits per heavy atom. The fourth-order valence-corrected chi connectivity index (χ4v) is 4.22. The van der Waals surface area contributed by atoms with Gasteiger partial charge < -0.3 is 10.5 Å². The summed E-state index contributed by atoms with van der Waals surface area (Å²) in [6.45, 7) is 0. The van der Waals surface area contributed by atoms with E-state index < -0.39 is 44.7 Å². The first-order valence-corrected chi connectivity index (χ1v) is 11.3. The summed E-state index contributed by atoms with van der Waals surface area (Å²) in [5.74, 6) is -5.10. The number of nitrogens with zero attached hydrogens (tertiary/aromatic N) is 3. The van der Waals surface area contributed by atoms with Gasteiger partial charge in [0.25, 0.3) is 0 Å². The molecule has 0 aliphatic heterocycles. The predicted molar refractivity (Wildman–Crippen MR) is 119 cm³/mol. The Morgan fingerprint density at radius 1 is 0.912 bits per heavy atom. The first-order valence-electron chi connectivity index (χ1n) is 9.67. The lowest BCUT2D eigenvalue weighted by Gasteiger charge is -2.13. The van der Waals surface area contributed by atoms with E-state index in [0.717, 1.165) is 18.2 Å². The molecule has 0 amide bonds. The minimum Gasteiger partial charge on any atom is -0.435 e. The Labute approximate surface area is 192 Å². The van der Waals surface area contributed by atoms with Crippen molar-refractivity contribution in [2.75, 3.05) is 10.5 Å². The molecule has 174 valence electrons. The molecule has 0 saturated heterocycles. The average molecular weight is 487 g/mol. The summed E-state index contributed by atoms with van der Waals surface area (Å²) in [6.07, 6.45) is 2.79. The second kappa shape index (κ2) is 9.35. The Morgan fingerprint density at radius 3 is 2.47 bits per heavy atom. The molecule has 0 fully saturated rings. The summed E-state index contributed by atoms with van der Waals surface area (Å²) in [7, 11) is -4.24. The summed E-state index contributed by atoms with van der Waals surface area (Å²) in [5.41, 5.74) is 5.49. The van der Waals surface area contributed by atoms with Crippen LogP contribution in [0.5, 0.6) is 11.6 Å². The van der Waals surface area contributed by atoms with E-state index in [9.17, 15) is 21.6 Å². The normalized spacial score (nSPS) is 11.3. The standard InChI is InChI=1S/C22H16F3N5O3S/c23-15-6-2-1-4-13(15)12-34(31,32)30-17-7-8-18(20(25)19(17)24)33-21-14(5-3-10-27-21)16-9-11-28-22(26)29-16/h1-11,30H,12H2,(H2,26,28,29). The summed E-state index contributed by atoms with van der Waals surface area (Å²) < 4.78 is 75.3. The number of hydrogen-bond acceptors (Lipinski definition) is 7. The number of rotatable bonds is 7. The highest BCUT2D eigenvalue weighted by atomic mass is 32.2. The molecular formula is C22H16F3N5O3S. The maximum Gasteiger partial charge on any atom is 0.237 e. The largest absolute Gasteiger partial charge is 0.435 e. The molecular weight excluding hydrogens is 471 g/mol. The van der Waals surface area contributed by atoms with Crippen molar-refractivity contribution in [1.82, 2.24) is 15.0 Å². The fourth-order valence-electron chi connectivity index (χ4n) is 3.01. The van der Waals surface area contributed by atoms with Gasteiger partial charge in [-0.15, -0.1) is 0 Å². The number of halogens is 3. The van der Waals surface area contributed by atoms with Crippen LogP contribution in [0.15, 0.2) is 67.0 Å². The summed E-state index contributed by atoms with van der Waals surface area (Å²) in [4.78, 5) is 11.9. The van der Waals surface area contributed by atoms with Crippen LogP contribution in [-0.2, 0) is 15.8 Å². The van der Waals surface area contributed by atoms with Crippen LogP contribution in [0, 0.1) is 17.5 Å². The van der Waals surface area contributed by atoms with Crippen LogP contribution in [-0.4, -0.2) is 23.4 Å². The third kappa shape index (κ3) is 5.07. The van der Waals surface area contributed by atoms with Gasteiger partial charge in [0.1, 0.15) is 5.82 Å². The van der Waals surface area contributed by atoms with E-state index in [0.29, 0.717) is 11.3 Å². The highest BCUT2D eigenvalue weighted by molar-refractivity contribution is 7.91. The molecule has 0 unspecified atom stereocenters. The molecule has 0 bridgehead atoms. The zero-order chi connectivity index (χ0) is 24.3. The molecule has 4 aromatic rings. The molecule has 34 heavy (non-hydrogen) atoms. The van der Waals surface area contributed by atoms with E-state index in [1.54, 1.807) is 12.1 Å². The Hall–Kier alpha value is -4.19. The molecule has 8 nitrogen and oxygen atoms in total. The number of pyridine rings is 1. The van der Waals surface area contributed by atoms with Gasteiger partial charge >= 0.3 is 0 Å². The molecule has 2 aromatic heterocycles. The van der Waals surface area contributed by atoms with Gasteiger partial charge in [-0.25, -0.2) is 32.2 Å². The van der Waals surface area contributed by atoms with Crippen LogP contribution < -0.4 is 15.2 Å². The third-order valence-corrected chi connectivity index (χ3v) is 5.77. The molecule has 4 rings (SSSR count).